The van der Waals surface area contributed by atoms with E-state index < -0.39 is 0 Å². The van der Waals surface area contributed by atoms with Crippen molar-refractivity contribution in [3.8, 4) is 5.75 Å². The lowest BCUT2D eigenvalue weighted by molar-refractivity contribution is -0.0578. The summed E-state index contributed by atoms with van der Waals surface area (Å²) < 4.78 is 25.0. The zero-order valence-corrected chi connectivity index (χ0v) is 11.2. The second-order valence-corrected chi connectivity index (χ2v) is 5.73. The van der Waals surface area contributed by atoms with Crippen molar-refractivity contribution in [1.82, 2.24) is 0 Å². The van der Waals surface area contributed by atoms with Crippen LogP contribution in [0.2, 0.25) is 0 Å². The Morgan fingerprint density at radius 3 is 3.05 bits per heavy atom. The zero-order chi connectivity index (χ0) is 13.5. The highest BCUT2D eigenvalue weighted by Crippen LogP contribution is 2.45. The summed E-state index contributed by atoms with van der Waals surface area (Å²) in [5, 5.41) is 0. The lowest BCUT2D eigenvalue weighted by atomic mass is 9.76. The first-order valence-corrected chi connectivity index (χ1v) is 6.89. The number of ether oxygens (including phenoxy) is 2. The van der Waals surface area contributed by atoms with Crippen molar-refractivity contribution >= 4 is 0 Å². The molecule has 0 bridgehead atoms. The summed E-state index contributed by atoms with van der Waals surface area (Å²) in [5.41, 5.74) is 6.77. The van der Waals surface area contributed by atoms with E-state index in [4.69, 9.17) is 15.2 Å². The van der Waals surface area contributed by atoms with Crippen LogP contribution in [0.1, 0.15) is 43.7 Å². The first-order valence-electron chi connectivity index (χ1n) is 6.89. The minimum atomic E-state index is -0.257. The molecule has 1 aromatic rings. The number of benzene rings is 1. The summed E-state index contributed by atoms with van der Waals surface area (Å²) in [6.07, 6.45) is 5.01. The molecule has 0 saturated heterocycles. The minimum Gasteiger partial charge on any atom is -0.487 e. The summed E-state index contributed by atoms with van der Waals surface area (Å²) in [6, 6.07) is 4.46. The molecule has 1 aliphatic carbocycles. The van der Waals surface area contributed by atoms with Crippen LogP contribution >= 0.6 is 0 Å². The summed E-state index contributed by atoms with van der Waals surface area (Å²) >= 11 is 0. The Morgan fingerprint density at radius 2 is 2.26 bits per heavy atom. The van der Waals surface area contributed by atoms with Gasteiger partial charge in [-0.05, 0) is 37.5 Å². The number of fused-ring (bicyclic) bond motifs is 1. The van der Waals surface area contributed by atoms with Crippen molar-refractivity contribution in [1.29, 1.82) is 0 Å². The third-order valence-electron chi connectivity index (χ3n) is 4.38. The topological polar surface area (TPSA) is 44.5 Å². The molecule has 1 aromatic carbocycles. The van der Waals surface area contributed by atoms with Crippen molar-refractivity contribution in [2.24, 2.45) is 5.73 Å². The molecule has 1 spiro atoms. The van der Waals surface area contributed by atoms with Gasteiger partial charge in [0.2, 0.25) is 0 Å². The highest BCUT2D eigenvalue weighted by atomic mass is 19.1. The first kappa shape index (κ1) is 12.9. The number of rotatable bonds is 1. The fraction of sp³-hybridized carbons (Fsp3) is 0.600. The second kappa shape index (κ2) is 4.76. The highest BCUT2D eigenvalue weighted by Gasteiger charge is 2.43. The molecular weight excluding hydrogens is 245 g/mol. The number of hydrogen-bond acceptors (Lipinski definition) is 3. The van der Waals surface area contributed by atoms with E-state index in [-0.39, 0.29) is 23.6 Å². The largest absolute Gasteiger partial charge is 0.487 e. The normalized spacial score (nSPS) is 33.8. The maximum atomic E-state index is 13.3. The smallest absolute Gasteiger partial charge is 0.125 e. The molecule has 3 atom stereocenters. The van der Waals surface area contributed by atoms with Gasteiger partial charge >= 0.3 is 0 Å². The van der Waals surface area contributed by atoms with Crippen LogP contribution < -0.4 is 10.5 Å². The van der Waals surface area contributed by atoms with Crippen LogP contribution in [-0.4, -0.2) is 18.8 Å². The van der Waals surface area contributed by atoms with E-state index in [2.05, 4.69) is 0 Å². The SMILES string of the molecule is COC1CCCC2(C1)C[C@H](N)c1cc(F)ccc1O2. The van der Waals surface area contributed by atoms with E-state index in [1.165, 1.54) is 12.1 Å². The molecule has 4 heteroatoms. The highest BCUT2D eigenvalue weighted by molar-refractivity contribution is 5.39. The number of halogens is 1. The molecule has 1 fully saturated rings. The molecular formula is C15H20FNO2. The molecule has 1 saturated carbocycles. The van der Waals surface area contributed by atoms with Crippen LogP contribution in [0.5, 0.6) is 5.75 Å². The van der Waals surface area contributed by atoms with E-state index in [0.29, 0.717) is 0 Å². The lowest BCUT2D eigenvalue weighted by Crippen LogP contribution is -2.48. The van der Waals surface area contributed by atoms with E-state index in [0.717, 1.165) is 43.4 Å². The van der Waals surface area contributed by atoms with Gasteiger partial charge in [-0.25, -0.2) is 4.39 Å². The molecule has 0 radical (unpaired) electrons. The number of methoxy groups -OCH3 is 1. The average Bonchev–Trinajstić information content (AvgIpc) is 2.40. The van der Waals surface area contributed by atoms with Crippen LogP contribution in [-0.2, 0) is 4.74 Å². The first-order chi connectivity index (χ1) is 9.12. The van der Waals surface area contributed by atoms with Crippen LogP contribution in [0.25, 0.3) is 0 Å². The molecule has 2 unspecified atom stereocenters. The van der Waals surface area contributed by atoms with Crippen molar-refractivity contribution in [2.45, 2.75) is 49.9 Å². The average molecular weight is 265 g/mol. The Labute approximate surface area is 112 Å². The van der Waals surface area contributed by atoms with Gasteiger partial charge in [0.25, 0.3) is 0 Å². The van der Waals surface area contributed by atoms with Gasteiger partial charge in [0.05, 0.1) is 6.10 Å². The fourth-order valence-corrected chi connectivity index (χ4v) is 3.44. The van der Waals surface area contributed by atoms with Gasteiger partial charge in [-0.3, -0.25) is 0 Å². The van der Waals surface area contributed by atoms with Gasteiger partial charge in [-0.2, -0.15) is 0 Å². The van der Waals surface area contributed by atoms with E-state index in [1.54, 1.807) is 13.2 Å². The molecule has 3 nitrogen and oxygen atoms in total. The van der Waals surface area contributed by atoms with E-state index >= 15 is 0 Å². The fourth-order valence-electron chi connectivity index (χ4n) is 3.44. The van der Waals surface area contributed by atoms with Crippen LogP contribution in [0, 0.1) is 5.82 Å². The van der Waals surface area contributed by atoms with Crippen LogP contribution in [0.4, 0.5) is 4.39 Å². The molecule has 0 amide bonds. The predicted molar refractivity (Wildman–Crippen MR) is 70.6 cm³/mol. The molecule has 1 aliphatic heterocycles. The second-order valence-electron chi connectivity index (χ2n) is 5.73. The third kappa shape index (κ3) is 2.35. The monoisotopic (exact) mass is 265 g/mol. The molecule has 2 aliphatic rings. The van der Waals surface area contributed by atoms with Gasteiger partial charge in [0.15, 0.2) is 0 Å². The number of nitrogens with two attached hydrogens (primary N) is 1. The molecule has 19 heavy (non-hydrogen) atoms. The van der Waals surface area contributed by atoms with Gasteiger partial charge in [0.1, 0.15) is 17.2 Å². The Kier molecular flexibility index (Phi) is 3.23. The number of hydrogen-bond donors (Lipinski definition) is 1. The summed E-state index contributed by atoms with van der Waals surface area (Å²) in [4.78, 5) is 0. The Morgan fingerprint density at radius 1 is 1.42 bits per heavy atom. The van der Waals surface area contributed by atoms with E-state index in [1.807, 2.05) is 0 Å². The standard InChI is InChI=1S/C15H20FNO2/c1-18-11-3-2-6-15(8-11)9-13(17)12-7-10(16)4-5-14(12)19-15/h4-5,7,11,13H,2-3,6,8-9,17H2,1H3/t11?,13-,15?/m0/s1. The van der Waals surface area contributed by atoms with Gasteiger partial charge in [-0.1, -0.05) is 0 Å². The summed E-state index contributed by atoms with van der Waals surface area (Å²) in [6.45, 7) is 0. The third-order valence-corrected chi connectivity index (χ3v) is 4.38. The predicted octanol–water partition coefficient (Wildman–Crippen LogP) is 2.94. The summed E-state index contributed by atoms with van der Waals surface area (Å²) in [5.74, 6) is 0.476. The lowest BCUT2D eigenvalue weighted by Gasteiger charge is -2.45. The Bertz CT molecular complexity index is 479. The maximum absolute atomic E-state index is 13.3. The van der Waals surface area contributed by atoms with Gasteiger partial charge in [0, 0.05) is 31.6 Å². The molecule has 2 N–H and O–H groups in total. The quantitative estimate of drug-likeness (QED) is 0.849. The van der Waals surface area contributed by atoms with Crippen molar-refractivity contribution < 1.29 is 13.9 Å². The molecule has 104 valence electrons. The van der Waals surface area contributed by atoms with Crippen molar-refractivity contribution in [3.63, 3.8) is 0 Å². The maximum Gasteiger partial charge on any atom is 0.125 e. The minimum absolute atomic E-state index is 0.157. The Hall–Kier alpha value is -1.13. The summed E-state index contributed by atoms with van der Waals surface area (Å²) in [7, 11) is 1.75. The van der Waals surface area contributed by atoms with Crippen molar-refractivity contribution in [3.05, 3.63) is 29.6 Å². The van der Waals surface area contributed by atoms with Crippen LogP contribution in [0.15, 0.2) is 18.2 Å². The Balaban J connectivity index is 1.89. The van der Waals surface area contributed by atoms with Gasteiger partial charge < -0.3 is 15.2 Å². The zero-order valence-electron chi connectivity index (χ0n) is 11.2. The van der Waals surface area contributed by atoms with Crippen LogP contribution in [0.3, 0.4) is 0 Å². The van der Waals surface area contributed by atoms with Crippen molar-refractivity contribution in [2.75, 3.05) is 7.11 Å². The van der Waals surface area contributed by atoms with E-state index in [9.17, 15) is 4.39 Å². The van der Waals surface area contributed by atoms with Gasteiger partial charge in [-0.15, -0.1) is 0 Å². The molecule has 1 heterocycles. The molecule has 3 rings (SSSR count). The molecule has 0 aromatic heterocycles.